The summed E-state index contributed by atoms with van der Waals surface area (Å²) in [6.07, 6.45) is 22.6. The molecule has 8 heteroatoms. The molecule has 0 saturated carbocycles. The number of carboxylic acids is 2. The summed E-state index contributed by atoms with van der Waals surface area (Å²) in [6, 6.07) is 0. The topological polar surface area (TPSA) is 74.6 Å². The van der Waals surface area contributed by atoms with E-state index >= 15 is 0 Å². The molecule has 2 N–H and O–H groups in total. The first kappa shape index (κ1) is 32.3. The van der Waals surface area contributed by atoms with Gasteiger partial charge in [-0.1, -0.05) is 111 Å². The Balaban J connectivity index is 3.02. The van der Waals surface area contributed by atoms with Crippen molar-refractivity contribution in [3.8, 4) is 0 Å². The molecular formula is C24H46O4S4. The molecule has 0 heterocycles. The maximum atomic E-state index is 10.4. The monoisotopic (exact) mass is 526 g/mol. The van der Waals surface area contributed by atoms with E-state index in [4.69, 9.17) is 10.2 Å². The summed E-state index contributed by atoms with van der Waals surface area (Å²) in [4.78, 5) is 20.9. The van der Waals surface area contributed by atoms with Crippen molar-refractivity contribution in [3.63, 3.8) is 0 Å². The molecular weight excluding hydrogens is 481 g/mol. The van der Waals surface area contributed by atoms with E-state index in [9.17, 15) is 9.59 Å². The third-order valence-corrected chi connectivity index (χ3v) is 12.0. The summed E-state index contributed by atoms with van der Waals surface area (Å²) >= 11 is 0. The lowest BCUT2D eigenvalue weighted by molar-refractivity contribution is -0.138. The minimum Gasteiger partial charge on any atom is -0.481 e. The Morgan fingerprint density at radius 1 is 0.406 bits per heavy atom. The molecule has 4 nitrogen and oxygen atoms in total. The Labute approximate surface area is 212 Å². The highest BCUT2D eigenvalue weighted by atomic mass is 33.7. The fourth-order valence-corrected chi connectivity index (χ4v) is 9.72. The smallest absolute Gasteiger partial charge is 0.303 e. The first-order valence-corrected chi connectivity index (χ1v) is 17.8. The van der Waals surface area contributed by atoms with Gasteiger partial charge >= 0.3 is 11.9 Å². The molecule has 0 aromatic carbocycles. The molecule has 0 aromatic rings. The van der Waals surface area contributed by atoms with Crippen LogP contribution < -0.4 is 0 Å². The van der Waals surface area contributed by atoms with Crippen LogP contribution >= 0.6 is 41.2 Å². The quantitative estimate of drug-likeness (QED) is 0.0809. The summed E-state index contributed by atoms with van der Waals surface area (Å²) in [5, 5.41) is 17.2. The fraction of sp³-hybridized carbons (Fsp3) is 0.917. The van der Waals surface area contributed by atoms with Crippen LogP contribution in [0.5, 0.6) is 0 Å². The Morgan fingerprint density at radius 2 is 0.656 bits per heavy atom. The average Bonchev–Trinajstić information content (AvgIpc) is 2.75. The Morgan fingerprint density at radius 3 is 0.938 bits per heavy atom. The minimum atomic E-state index is -0.667. The predicted molar refractivity (Wildman–Crippen MR) is 148 cm³/mol. The third-order valence-electron chi connectivity index (χ3n) is 5.36. The SMILES string of the molecule is O=C(O)CCCCCCCCCCCSSSSCCCCCCCCCCCC(=O)O. The largest absolute Gasteiger partial charge is 0.481 e. The van der Waals surface area contributed by atoms with E-state index < -0.39 is 11.9 Å². The van der Waals surface area contributed by atoms with Crippen LogP contribution in [0.25, 0.3) is 0 Å². The molecule has 0 rings (SSSR count). The van der Waals surface area contributed by atoms with Crippen molar-refractivity contribution in [1.82, 2.24) is 0 Å². The summed E-state index contributed by atoms with van der Waals surface area (Å²) in [5.74, 6) is 1.17. The maximum Gasteiger partial charge on any atom is 0.303 e. The molecule has 0 fully saturated rings. The lowest BCUT2D eigenvalue weighted by atomic mass is 10.1. The number of hydrogen-bond acceptors (Lipinski definition) is 6. The van der Waals surface area contributed by atoms with Crippen LogP contribution in [-0.2, 0) is 9.59 Å². The van der Waals surface area contributed by atoms with Gasteiger partial charge in [0, 0.05) is 24.3 Å². The van der Waals surface area contributed by atoms with Crippen molar-refractivity contribution in [2.45, 2.75) is 128 Å². The second kappa shape index (κ2) is 27.6. The molecule has 0 atom stereocenters. The summed E-state index contributed by atoms with van der Waals surface area (Å²) in [7, 11) is 7.86. The van der Waals surface area contributed by atoms with Crippen LogP contribution in [0, 0.1) is 0 Å². The minimum absolute atomic E-state index is 0.327. The second-order valence-corrected chi connectivity index (χ2v) is 14.7. The number of carbonyl (C=O) groups is 2. The van der Waals surface area contributed by atoms with Crippen LogP contribution in [0.3, 0.4) is 0 Å². The maximum absolute atomic E-state index is 10.4. The molecule has 0 aromatic heterocycles. The zero-order chi connectivity index (χ0) is 23.5. The van der Waals surface area contributed by atoms with Gasteiger partial charge < -0.3 is 10.2 Å². The number of carboxylic acid groups (broad SMARTS) is 2. The third kappa shape index (κ3) is 30.3. The van der Waals surface area contributed by atoms with E-state index in [-0.39, 0.29) is 0 Å². The van der Waals surface area contributed by atoms with Crippen molar-refractivity contribution >= 4 is 53.2 Å². The van der Waals surface area contributed by atoms with E-state index in [1.165, 1.54) is 101 Å². The molecule has 0 saturated heterocycles. The van der Waals surface area contributed by atoms with Gasteiger partial charge in [-0.15, -0.1) is 0 Å². The summed E-state index contributed by atoms with van der Waals surface area (Å²) in [6.45, 7) is 0. The van der Waals surface area contributed by atoms with Gasteiger partial charge in [-0.2, -0.15) is 0 Å². The number of hydrogen-bond donors (Lipinski definition) is 2. The normalized spacial score (nSPS) is 11.1. The standard InChI is InChI=1S/C24H46O4S4/c25-23(26)19-15-11-7-3-1-5-9-13-17-21-29-31-32-30-22-18-14-10-6-2-4-8-12-16-20-24(27)28/h1-22H2,(H,25,26)(H,27,28). The molecule has 0 aliphatic heterocycles. The zero-order valence-electron chi connectivity index (χ0n) is 19.9. The summed E-state index contributed by atoms with van der Waals surface area (Å²) < 4.78 is 0. The Kier molecular flexibility index (Phi) is 27.9. The number of rotatable bonds is 27. The molecule has 0 aliphatic carbocycles. The van der Waals surface area contributed by atoms with Crippen molar-refractivity contribution in [2.75, 3.05) is 11.5 Å². The molecule has 0 unspecified atom stereocenters. The first-order chi connectivity index (χ1) is 15.6. The van der Waals surface area contributed by atoms with Crippen LogP contribution in [0.4, 0.5) is 0 Å². The zero-order valence-corrected chi connectivity index (χ0v) is 23.2. The van der Waals surface area contributed by atoms with Crippen molar-refractivity contribution in [1.29, 1.82) is 0 Å². The van der Waals surface area contributed by atoms with E-state index in [0.717, 1.165) is 25.7 Å². The van der Waals surface area contributed by atoms with Gasteiger partial charge in [-0.3, -0.25) is 9.59 Å². The van der Waals surface area contributed by atoms with Crippen molar-refractivity contribution in [2.24, 2.45) is 0 Å². The van der Waals surface area contributed by atoms with Gasteiger partial charge in [0.1, 0.15) is 0 Å². The van der Waals surface area contributed by atoms with Crippen molar-refractivity contribution < 1.29 is 19.8 Å². The number of aliphatic carboxylic acids is 2. The molecule has 190 valence electrons. The van der Waals surface area contributed by atoms with Gasteiger partial charge in [0.15, 0.2) is 0 Å². The Hall–Kier alpha value is 0.340. The molecule has 32 heavy (non-hydrogen) atoms. The molecule has 0 spiro atoms. The number of unbranched alkanes of at least 4 members (excludes halogenated alkanes) is 16. The Bertz CT molecular complexity index is 387. The highest BCUT2D eigenvalue weighted by Crippen LogP contribution is 2.43. The highest BCUT2D eigenvalue weighted by Gasteiger charge is 1.99. The van der Waals surface area contributed by atoms with E-state index in [2.05, 4.69) is 0 Å². The van der Waals surface area contributed by atoms with Crippen LogP contribution in [-0.4, -0.2) is 33.7 Å². The van der Waals surface area contributed by atoms with Gasteiger partial charge in [0.05, 0.1) is 0 Å². The average molecular weight is 527 g/mol. The fourth-order valence-electron chi connectivity index (χ4n) is 3.46. The molecule has 0 radical (unpaired) electrons. The lowest BCUT2D eigenvalue weighted by Gasteiger charge is -2.03. The van der Waals surface area contributed by atoms with Gasteiger partial charge in [-0.05, 0) is 45.3 Å². The molecule has 0 bridgehead atoms. The molecule has 0 aliphatic rings. The lowest BCUT2D eigenvalue weighted by Crippen LogP contribution is -1.93. The predicted octanol–water partition coefficient (Wildman–Crippen LogP) is 9.64. The van der Waals surface area contributed by atoms with Gasteiger partial charge in [-0.25, -0.2) is 0 Å². The highest BCUT2D eigenvalue weighted by molar-refractivity contribution is 9.26. The van der Waals surface area contributed by atoms with Crippen LogP contribution in [0.1, 0.15) is 128 Å². The van der Waals surface area contributed by atoms with Gasteiger partial charge in [0.2, 0.25) is 0 Å². The first-order valence-electron chi connectivity index (χ1n) is 12.6. The van der Waals surface area contributed by atoms with Crippen molar-refractivity contribution in [3.05, 3.63) is 0 Å². The van der Waals surface area contributed by atoms with Gasteiger partial charge in [0.25, 0.3) is 0 Å². The van der Waals surface area contributed by atoms with E-state index in [0.29, 0.717) is 12.8 Å². The molecule has 0 amide bonds. The van der Waals surface area contributed by atoms with E-state index in [1.807, 2.05) is 41.2 Å². The van der Waals surface area contributed by atoms with Crippen LogP contribution in [0.2, 0.25) is 0 Å². The summed E-state index contributed by atoms with van der Waals surface area (Å²) in [5.41, 5.74) is 0. The van der Waals surface area contributed by atoms with Crippen LogP contribution in [0.15, 0.2) is 0 Å². The second-order valence-electron chi connectivity index (χ2n) is 8.43. The van der Waals surface area contributed by atoms with E-state index in [1.54, 1.807) is 0 Å².